The van der Waals surface area contributed by atoms with Crippen LogP contribution in [0.25, 0.3) is 0 Å². The Kier molecular flexibility index (Phi) is 6.32. The Morgan fingerprint density at radius 2 is 2.05 bits per heavy atom. The standard InChI is InChI=1S/C14H22N2O4S/c1-4-12(7-8-17)16-21(19,20)14-9-13(15-11(3)18)6-5-10(14)2/h5-6,9,12,16-17H,4,7-8H2,1-3H3,(H,15,18). The Morgan fingerprint density at radius 1 is 1.38 bits per heavy atom. The molecule has 0 radical (unpaired) electrons. The van der Waals surface area contributed by atoms with E-state index in [4.69, 9.17) is 5.11 Å². The van der Waals surface area contributed by atoms with Gasteiger partial charge >= 0.3 is 0 Å². The molecule has 1 rings (SSSR count). The van der Waals surface area contributed by atoms with Gasteiger partial charge < -0.3 is 10.4 Å². The van der Waals surface area contributed by atoms with Crippen LogP contribution in [0, 0.1) is 6.92 Å². The summed E-state index contributed by atoms with van der Waals surface area (Å²) in [6.07, 6.45) is 0.949. The molecule has 0 aliphatic rings. The number of aliphatic hydroxyl groups is 1. The lowest BCUT2D eigenvalue weighted by molar-refractivity contribution is -0.114. The SMILES string of the molecule is CCC(CCO)NS(=O)(=O)c1cc(NC(C)=O)ccc1C. The van der Waals surface area contributed by atoms with E-state index >= 15 is 0 Å². The summed E-state index contributed by atoms with van der Waals surface area (Å²) in [7, 11) is -3.70. The van der Waals surface area contributed by atoms with E-state index in [0.29, 0.717) is 24.1 Å². The van der Waals surface area contributed by atoms with Crippen molar-refractivity contribution in [3.05, 3.63) is 23.8 Å². The number of carbonyl (C=O) groups excluding carboxylic acids is 1. The van der Waals surface area contributed by atoms with Crippen LogP contribution >= 0.6 is 0 Å². The van der Waals surface area contributed by atoms with Crippen molar-refractivity contribution in [2.24, 2.45) is 0 Å². The molecular formula is C14H22N2O4S. The topological polar surface area (TPSA) is 95.5 Å². The number of aliphatic hydroxyl groups excluding tert-OH is 1. The van der Waals surface area contributed by atoms with E-state index in [-0.39, 0.29) is 23.5 Å². The minimum Gasteiger partial charge on any atom is -0.396 e. The van der Waals surface area contributed by atoms with Crippen LogP contribution in [0.5, 0.6) is 0 Å². The van der Waals surface area contributed by atoms with Crippen LogP contribution in [0.2, 0.25) is 0 Å². The van der Waals surface area contributed by atoms with Crippen LogP contribution in [-0.2, 0) is 14.8 Å². The van der Waals surface area contributed by atoms with Crippen molar-refractivity contribution < 1.29 is 18.3 Å². The molecule has 0 bridgehead atoms. The predicted molar refractivity (Wildman–Crippen MR) is 81.6 cm³/mol. The molecule has 1 aromatic rings. The van der Waals surface area contributed by atoms with Gasteiger partial charge in [-0.3, -0.25) is 4.79 Å². The molecule has 0 saturated carbocycles. The van der Waals surface area contributed by atoms with Crippen LogP contribution in [0.3, 0.4) is 0 Å². The second kappa shape index (κ2) is 7.53. The molecule has 1 unspecified atom stereocenters. The van der Waals surface area contributed by atoms with Crippen molar-refractivity contribution in [2.45, 2.75) is 44.6 Å². The fourth-order valence-corrected chi connectivity index (χ4v) is 3.58. The van der Waals surface area contributed by atoms with Crippen molar-refractivity contribution in [2.75, 3.05) is 11.9 Å². The molecule has 6 nitrogen and oxygen atoms in total. The van der Waals surface area contributed by atoms with Crippen molar-refractivity contribution in [3.63, 3.8) is 0 Å². The number of benzene rings is 1. The van der Waals surface area contributed by atoms with E-state index in [9.17, 15) is 13.2 Å². The van der Waals surface area contributed by atoms with Crippen molar-refractivity contribution >= 4 is 21.6 Å². The third-order valence-electron chi connectivity index (χ3n) is 3.09. The minimum absolute atomic E-state index is 0.0774. The number of hydrogen-bond donors (Lipinski definition) is 3. The second-order valence-corrected chi connectivity index (χ2v) is 6.58. The van der Waals surface area contributed by atoms with Gasteiger partial charge in [-0.25, -0.2) is 13.1 Å². The quantitative estimate of drug-likeness (QED) is 0.709. The lowest BCUT2D eigenvalue weighted by Crippen LogP contribution is -2.35. The van der Waals surface area contributed by atoms with Crippen molar-refractivity contribution in [1.29, 1.82) is 0 Å². The maximum atomic E-state index is 12.4. The zero-order valence-corrected chi connectivity index (χ0v) is 13.3. The maximum absolute atomic E-state index is 12.4. The predicted octanol–water partition coefficient (Wildman–Crippen LogP) is 1.39. The van der Waals surface area contributed by atoms with Gasteiger partial charge in [0.15, 0.2) is 0 Å². The molecular weight excluding hydrogens is 292 g/mol. The summed E-state index contributed by atoms with van der Waals surface area (Å²) in [6, 6.07) is 4.42. The van der Waals surface area contributed by atoms with Gasteiger partial charge in [-0.1, -0.05) is 13.0 Å². The number of rotatable bonds is 7. The fourth-order valence-electron chi connectivity index (χ4n) is 1.96. The number of anilines is 1. The molecule has 0 saturated heterocycles. The summed E-state index contributed by atoms with van der Waals surface area (Å²) in [4.78, 5) is 11.2. The highest BCUT2D eigenvalue weighted by atomic mass is 32.2. The van der Waals surface area contributed by atoms with E-state index in [0.717, 1.165) is 0 Å². The van der Waals surface area contributed by atoms with Gasteiger partial charge in [0.2, 0.25) is 15.9 Å². The maximum Gasteiger partial charge on any atom is 0.241 e. The normalized spacial score (nSPS) is 13.0. The molecule has 21 heavy (non-hydrogen) atoms. The van der Waals surface area contributed by atoms with Gasteiger partial charge in [-0.15, -0.1) is 0 Å². The van der Waals surface area contributed by atoms with Crippen molar-refractivity contribution in [3.8, 4) is 0 Å². The Balaban J connectivity index is 3.09. The molecule has 0 aliphatic carbocycles. The summed E-state index contributed by atoms with van der Waals surface area (Å²) in [5.41, 5.74) is 1.03. The van der Waals surface area contributed by atoms with Crippen LogP contribution < -0.4 is 10.0 Å². The minimum atomic E-state index is -3.70. The first-order valence-corrected chi connectivity index (χ1v) is 8.30. The molecule has 1 amide bonds. The number of sulfonamides is 1. The number of nitrogens with one attached hydrogen (secondary N) is 2. The third-order valence-corrected chi connectivity index (χ3v) is 4.75. The first-order chi connectivity index (χ1) is 9.80. The van der Waals surface area contributed by atoms with Gasteiger partial charge in [0.1, 0.15) is 0 Å². The smallest absolute Gasteiger partial charge is 0.241 e. The highest BCUT2D eigenvalue weighted by molar-refractivity contribution is 7.89. The first kappa shape index (κ1) is 17.6. The van der Waals surface area contributed by atoms with Gasteiger partial charge in [0.05, 0.1) is 4.90 Å². The summed E-state index contributed by atoms with van der Waals surface area (Å²) >= 11 is 0. The molecule has 0 spiro atoms. The molecule has 1 aromatic carbocycles. The Labute approximate surface area is 125 Å². The highest BCUT2D eigenvalue weighted by Gasteiger charge is 2.21. The van der Waals surface area contributed by atoms with Crippen molar-refractivity contribution in [1.82, 2.24) is 4.72 Å². The van der Waals surface area contributed by atoms with E-state index in [1.807, 2.05) is 6.92 Å². The molecule has 0 aliphatic heterocycles. The first-order valence-electron chi connectivity index (χ1n) is 6.81. The second-order valence-electron chi connectivity index (χ2n) is 4.90. The van der Waals surface area contributed by atoms with Gasteiger partial charge in [-0.05, 0) is 37.5 Å². The Bertz CT molecular complexity index is 599. The molecule has 1 atom stereocenters. The zero-order chi connectivity index (χ0) is 16.0. The number of amides is 1. The lowest BCUT2D eigenvalue weighted by atomic mass is 10.2. The Hall–Kier alpha value is -1.44. The number of hydrogen-bond acceptors (Lipinski definition) is 4. The molecule has 7 heteroatoms. The van der Waals surface area contributed by atoms with E-state index < -0.39 is 10.0 Å². The molecule has 3 N–H and O–H groups in total. The van der Waals surface area contributed by atoms with Gasteiger partial charge in [-0.2, -0.15) is 0 Å². The number of aryl methyl sites for hydroxylation is 1. The average molecular weight is 314 g/mol. The van der Waals surface area contributed by atoms with Gasteiger partial charge in [0.25, 0.3) is 0 Å². The summed E-state index contributed by atoms with van der Waals surface area (Å²) in [6.45, 7) is 4.83. The van der Waals surface area contributed by atoms with E-state index in [2.05, 4.69) is 10.0 Å². The zero-order valence-electron chi connectivity index (χ0n) is 12.5. The van der Waals surface area contributed by atoms with Crippen LogP contribution in [0.15, 0.2) is 23.1 Å². The average Bonchev–Trinajstić information content (AvgIpc) is 2.39. The molecule has 0 fully saturated rings. The largest absolute Gasteiger partial charge is 0.396 e. The molecule has 118 valence electrons. The summed E-state index contributed by atoms with van der Waals surface area (Å²) in [5.74, 6) is -0.262. The highest BCUT2D eigenvalue weighted by Crippen LogP contribution is 2.21. The summed E-state index contributed by atoms with van der Waals surface area (Å²) < 4.78 is 27.4. The molecule has 0 heterocycles. The fraction of sp³-hybridized carbons (Fsp3) is 0.500. The summed E-state index contributed by atoms with van der Waals surface area (Å²) in [5, 5.41) is 11.5. The third kappa shape index (κ3) is 5.11. The van der Waals surface area contributed by atoms with Crippen LogP contribution in [0.4, 0.5) is 5.69 Å². The molecule has 0 aromatic heterocycles. The number of carbonyl (C=O) groups is 1. The van der Waals surface area contributed by atoms with E-state index in [1.54, 1.807) is 19.1 Å². The Morgan fingerprint density at radius 3 is 2.57 bits per heavy atom. The van der Waals surface area contributed by atoms with Gasteiger partial charge in [0, 0.05) is 25.3 Å². The van der Waals surface area contributed by atoms with Crippen LogP contribution in [0.1, 0.15) is 32.3 Å². The lowest BCUT2D eigenvalue weighted by Gasteiger charge is -2.17. The monoisotopic (exact) mass is 314 g/mol. The van der Waals surface area contributed by atoms with Crippen LogP contribution in [-0.4, -0.2) is 32.1 Å². The van der Waals surface area contributed by atoms with E-state index in [1.165, 1.54) is 13.0 Å².